The molecule has 2 aromatic carbocycles. The Labute approximate surface area is 198 Å². The summed E-state index contributed by atoms with van der Waals surface area (Å²) in [6.07, 6.45) is -9.54. The van der Waals surface area contributed by atoms with Crippen molar-refractivity contribution < 1.29 is 36.2 Å². The first-order valence-electron chi connectivity index (χ1n) is 10.5. The van der Waals surface area contributed by atoms with E-state index in [1.54, 1.807) is 0 Å². The summed E-state index contributed by atoms with van der Waals surface area (Å²) < 4.78 is 82.3. The molecule has 0 unspecified atom stereocenters. The van der Waals surface area contributed by atoms with Crippen LogP contribution in [0.1, 0.15) is 51.2 Å². The number of alkyl halides is 6. The Balaban J connectivity index is 1.58. The summed E-state index contributed by atoms with van der Waals surface area (Å²) in [4.78, 5) is 27.3. The lowest BCUT2D eigenvalue weighted by atomic mass is 10.0. The quantitative estimate of drug-likeness (QED) is 0.520. The highest BCUT2D eigenvalue weighted by Gasteiger charge is 2.50. The average Bonchev–Trinajstić information content (AvgIpc) is 3.48. The number of carbonyl (C=O) groups excluding carboxylic acids is 1. The molecule has 36 heavy (non-hydrogen) atoms. The number of amides is 1. The molecule has 5 rings (SSSR count). The molecule has 1 N–H and O–H groups in total. The molecule has 0 spiro atoms. The molecular formula is C23H14F6N4O3. The molecule has 13 heteroatoms. The van der Waals surface area contributed by atoms with Crippen LogP contribution in [0.3, 0.4) is 0 Å². The van der Waals surface area contributed by atoms with Crippen molar-refractivity contribution in [2.75, 3.05) is 6.54 Å². The number of likely N-dealkylation sites (tertiary alicyclic amines) is 1. The predicted octanol–water partition coefficient (Wildman–Crippen LogP) is 4.40. The van der Waals surface area contributed by atoms with Crippen molar-refractivity contribution in [3.63, 3.8) is 0 Å². The van der Waals surface area contributed by atoms with Gasteiger partial charge in [0.05, 0.1) is 46.1 Å². The lowest BCUT2D eigenvalue weighted by molar-refractivity contribution is -0.138. The van der Waals surface area contributed by atoms with Crippen LogP contribution in [0, 0.1) is 11.3 Å². The highest BCUT2D eigenvalue weighted by molar-refractivity contribution is 5.96. The number of fused-ring (bicyclic) bond motifs is 5. The number of aromatic nitrogens is 2. The predicted molar refractivity (Wildman–Crippen MR) is 110 cm³/mol. The van der Waals surface area contributed by atoms with E-state index in [1.165, 1.54) is 12.1 Å². The highest BCUT2D eigenvalue weighted by Crippen LogP contribution is 2.49. The molecule has 2 bridgehead atoms. The zero-order valence-electron chi connectivity index (χ0n) is 17.9. The monoisotopic (exact) mass is 508 g/mol. The fraction of sp³-hybridized carbons (Fsp3) is 0.261. The van der Waals surface area contributed by atoms with Crippen molar-refractivity contribution in [2.24, 2.45) is 0 Å². The molecule has 1 amide bonds. The van der Waals surface area contributed by atoms with Gasteiger partial charge in [0, 0.05) is 6.54 Å². The lowest BCUT2D eigenvalue weighted by Crippen LogP contribution is -2.38. The van der Waals surface area contributed by atoms with Crippen LogP contribution in [0.4, 0.5) is 26.3 Å². The van der Waals surface area contributed by atoms with E-state index in [0.29, 0.717) is 10.6 Å². The van der Waals surface area contributed by atoms with E-state index >= 15 is 0 Å². The number of carbonyl (C=O) groups is 1. The zero-order valence-corrected chi connectivity index (χ0v) is 17.9. The van der Waals surface area contributed by atoms with Gasteiger partial charge in [-0.3, -0.25) is 9.36 Å². The van der Waals surface area contributed by atoms with Crippen LogP contribution >= 0.6 is 0 Å². The van der Waals surface area contributed by atoms with Gasteiger partial charge in [0.2, 0.25) is 5.88 Å². The van der Waals surface area contributed by atoms with Gasteiger partial charge in [0.15, 0.2) is 0 Å². The fourth-order valence-electron chi connectivity index (χ4n) is 4.98. The van der Waals surface area contributed by atoms with Crippen molar-refractivity contribution in [1.29, 1.82) is 5.26 Å². The van der Waals surface area contributed by atoms with Crippen molar-refractivity contribution in [3.05, 3.63) is 80.9 Å². The molecule has 0 aliphatic carbocycles. The third-order valence-electron chi connectivity index (χ3n) is 6.47. The van der Waals surface area contributed by atoms with Crippen molar-refractivity contribution in [2.45, 2.75) is 30.9 Å². The van der Waals surface area contributed by atoms with Gasteiger partial charge in [-0.25, -0.2) is 9.36 Å². The number of aromatic hydroxyl groups is 1. The number of halogens is 6. The number of rotatable bonds is 2. The first kappa shape index (κ1) is 23.5. The first-order valence-corrected chi connectivity index (χ1v) is 10.5. The number of imidazole rings is 1. The SMILES string of the molecule is N#Cc1ccc(-n2c(O)c3n(c2=O)[C@H]2C[C@@H]3N(C(=O)c3ccccc3C(F)(F)F)C2)cc1C(F)(F)F. The summed E-state index contributed by atoms with van der Waals surface area (Å²) in [6, 6.07) is 6.49. The molecule has 1 fully saturated rings. The molecular weight excluding hydrogens is 494 g/mol. The molecule has 1 aromatic heterocycles. The third-order valence-corrected chi connectivity index (χ3v) is 6.47. The van der Waals surface area contributed by atoms with Crippen molar-refractivity contribution >= 4 is 5.91 Å². The third kappa shape index (κ3) is 3.35. The van der Waals surface area contributed by atoms with E-state index in [0.717, 1.165) is 39.8 Å². The largest absolute Gasteiger partial charge is 0.493 e. The van der Waals surface area contributed by atoms with Crippen LogP contribution in [0.15, 0.2) is 47.3 Å². The minimum atomic E-state index is -4.91. The number of hydrogen-bond donors (Lipinski definition) is 1. The Morgan fingerprint density at radius 1 is 1.03 bits per heavy atom. The lowest BCUT2D eigenvalue weighted by Gasteiger charge is -2.28. The fourth-order valence-corrected chi connectivity index (χ4v) is 4.98. The van der Waals surface area contributed by atoms with Gasteiger partial charge in [-0.15, -0.1) is 0 Å². The molecule has 2 aliphatic rings. The molecule has 2 aliphatic heterocycles. The number of benzene rings is 2. The molecule has 2 atom stereocenters. The summed E-state index contributed by atoms with van der Waals surface area (Å²) in [5, 5.41) is 19.8. The highest BCUT2D eigenvalue weighted by atomic mass is 19.4. The molecule has 1 saturated heterocycles. The Morgan fingerprint density at radius 2 is 1.69 bits per heavy atom. The normalized spacial score (nSPS) is 18.9. The van der Waals surface area contributed by atoms with Gasteiger partial charge in [0.1, 0.15) is 5.69 Å². The van der Waals surface area contributed by atoms with Gasteiger partial charge in [0.25, 0.3) is 5.91 Å². The Kier molecular flexibility index (Phi) is 5.00. The minimum absolute atomic E-state index is 0.0768. The summed E-state index contributed by atoms with van der Waals surface area (Å²) in [5.41, 5.74) is -5.00. The maximum absolute atomic E-state index is 13.4. The van der Waals surface area contributed by atoms with Gasteiger partial charge >= 0.3 is 18.0 Å². The van der Waals surface area contributed by atoms with E-state index in [1.807, 2.05) is 0 Å². The average molecular weight is 508 g/mol. The summed E-state index contributed by atoms with van der Waals surface area (Å²) >= 11 is 0. The van der Waals surface area contributed by atoms with Crippen LogP contribution in [-0.4, -0.2) is 31.6 Å². The van der Waals surface area contributed by atoms with E-state index in [4.69, 9.17) is 5.26 Å². The number of nitrogens with zero attached hydrogens (tertiary/aromatic N) is 4. The summed E-state index contributed by atoms with van der Waals surface area (Å²) in [6.45, 7) is -0.118. The van der Waals surface area contributed by atoms with Crippen LogP contribution in [0.2, 0.25) is 0 Å². The molecule has 186 valence electrons. The maximum Gasteiger partial charge on any atom is 0.417 e. The zero-order chi connectivity index (χ0) is 26.2. The van der Waals surface area contributed by atoms with Crippen LogP contribution < -0.4 is 5.69 Å². The van der Waals surface area contributed by atoms with E-state index in [-0.39, 0.29) is 24.3 Å². The van der Waals surface area contributed by atoms with Gasteiger partial charge < -0.3 is 10.0 Å². The second kappa shape index (κ2) is 7.64. The van der Waals surface area contributed by atoms with Crippen molar-refractivity contribution in [3.8, 4) is 17.6 Å². The summed E-state index contributed by atoms with van der Waals surface area (Å²) in [5.74, 6) is -1.68. The van der Waals surface area contributed by atoms with E-state index < -0.39 is 64.2 Å². The Hall–Kier alpha value is -4.21. The van der Waals surface area contributed by atoms with Crippen LogP contribution in [0.5, 0.6) is 5.88 Å². The molecule has 7 nitrogen and oxygen atoms in total. The van der Waals surface area contributed by atoms with Gasteiger partial charge in [-0.1, -0.05) is 12.1 Å². The Bertz CT molecular complexity index is 1510. The smallest absolute Gasteiger partial charge is 0.417 e. The second-order valence-corrected chi connectivity index (χ2v) is 8.44. The Morgan fingerprint density at radius 3 is 2.33 bits per heavy atom. The van der Waals surface area contributed by atoms with Crippen LogP contribution in [0.25, 0.3) is 5.69 Å². The standard InChI is InChI=1S/C23H14F6N4O3/c24-22(25,26)15-4-2-1-3-14(15)19(34)31-10-13-8-17(31)18-20(35)33(21(36)32(13)18)12-6-5-11(9-30)16(7-12)23(27,28)29/h1-7,13,17,35H,8,10H2/t13-,17-/m0/s1. The topological polar surface area (TPSA) is 91.3 Å². The number of nitriles is 1. The first-order chi connectivity index (χ1) is 16.8. The van der Waals surface area contributed by atoms with Gasteiger partial charge in [-0.05, 0) is 36.8 Å². The molecule has 0 saturated carbocycles. The van der Waals surface area contributed by atoms with E-state index in [9.17, 15) is 41.0 Å². The number of hydrogen-bond acceptors (Lipinski definition) is 4. The molecule has 0 radical (unpaired) electrons. The molecule has 3 heterocycles. The second-order valence-electron chi connectivity index (χ2n) is 8.44. The van der Waals surface area contributed by atoms with Crippen LogP contribution in [-0.2, 0) is 12.4 Å². The minimum Gasteiger partial charge on any atom is -0.493 e. The van der Waals surface area contributed by atoms with E-state index in [2.05, 4.69) is 0 Å². The van der Waals surface area contributed by atoms with Crippen molar-refractivity contribution in [1.82, 2.24) is 14.0 Å². The maximum atomic E-state index is 13.4. The summed E-state index contributed by atoms with van der Waals surface area (Å²) in [7, 11) is 0. The molecule has 3 aromatic rings. The van der Waals surface area contributed by atoms with Gasteiger partial charge in [-0.2, -0.15) is 31.6 Å².